The van der Waals surface area contributed by atoms with Crippen LogP contribution in [0.5, 0.6) is 0 Å². The van der Waals surface area contributed by atoms with E-state index in [0.29, 0.717) is 17.2 Å². The molecule has 0 unspecified atom stereocenters. The largest absolute Gasteiger partial charge is 0.340 e. The van der Waals surface area contributed by atoms with E-state index >= 15 is 0 Å². The number of aromatic nitrogens is 1. The van der Waals surface area contributed by atoms with Crippen molar-refractivity contribution in [1.29, 1.82) is 0 Å². The van der Waals surface area contributed by atoms with E-state index in [2.05, 4.69) is 21.9 Å². The summed E-state index contributed by atoms with van der Waals surface area (Å²) in [6.45, 7) is 7.52. The third-order valence-corrected chi connectivity index (χ3v) is 3.23. The number of amidine groups is 1. The third-order valence-electron chi connectivity index (χ3n) is 3.23. The topological polar surface area (TPSA) is 37.3 Å². The number of hydrogen-bond donors (Lipinski definition) is 1. The highest BCUT2D eigenvalue weighted by atomic mass is 19.1. The quantitative estimate of drug-likeness (QED) is 0.486. The van der Waals surface area contributed by atoms with E-state index in [9.17, 15) is 4.39 Å². The van der Waals surface area contributed by atoms with E-state index in [0.717, 1.165) is 11.3 Å². The molecule has 1 N–H and O–H groups in total. The van der Waals surface area contributed by atoms with Gasteiger partial charge >= 0.3 is 0 Å². The van der Waals surface area contributed by atoms with Gasteiger partial charge in [0, 0.05) is 11.9 Å². The molecule has 0 spiro atoms. The zero-order chi connectivity index (χ0) is 17.4. The van der Waals surface area contributed by atoms with E-state index in [1.807, 2.05) is 38.1 Å². The van der Waals surface area contributed by atoms with E-state index in [-0.39, 0.29) is 5.82 Å². The van der Waals surface area contributed by atoms with Gasteiger partial charge in [-0.25, -0.2) is 14.4 Å². The van der Waals surface area contributed by atoms with E-state index < -0.39 is 0 Å². The van der Waals surface area contributed by atoms with Gasteiger partial charge in [-0.2, -0.15) is 0 Å². The summed E-state index contributed by atoms with van der Waals surface area (Å²) in [5, 5.41) is 3.16. The third kappa shape index (κ3) is 4.49. The van der Waals surface area contributed by atoms with Gasteiger partial charge in [-0.15, -0.1) is 0 Å². The fraction of sp³-hybridized carbons (Fsp3) is 0.100. The molecular weight excluding hydrogens is 301 g/mol. The maximum Gasteiger partial charge on any atom is 0.157 e. The lowest BCUT2D eigenvalue weighted by atomic mass is 10.1. The number of aryl methyl sites for hydroxylation is 1. The predicted octanol–water partition coefficient (Wildman–Crippen LogP) is 4.84. The number of aliphatic imine (C=N–C) groups is 1. The molecule has 0 radical (unpaired) electrons. The fourth-order valence-electron chi connectivity index (χ4n) is 2.09. The SMILES string of the molecule is C=C/C=C(\C=C/C)N/C(=N\c1ncccc1C)c1ccccc1F. The molecule has 0 saturated carbocycles. The Hall–Kier alpha value is -3.01. The Kier molecular flexibility index (Phi) is 6.20. The highest BCUT2D eigenvalue weighted by Crippen LogP contribution is 2.17. The van der Waals surface area contributed by atoms with Gasteiger partial charge in [0.1, 0.15) is 11.7 Å². The molecule has 24 heavy (non-hydrogen) atoms. The molecule has 2 aromatic rings. The lowest BCUT2D eigenvalue weighted by molar-refractivity contribution is 0.624. The number of halogens is 1. The second-order valence-electron chi connectivity index (χ2n) is 5.07. The summed E-state index contributed by atoms with van der Waals surface area (Å²) in [5.74, 6) is 0.582. The summed E-state index contributed by atoms with van der Waals surface area (Å²) in [6.07, 6.45) is 8.86. The smallest absolute Gasteiger partial charge is 0.157 e. The van der Waals surface area contributed by atoms with Crippen LogP contribution >= 0.6 is 0 Å². The van der Waals surface area contributed by atoms with Gasteiger partial charge in [0.2, 0.25) is 0 Å². The zero-order valence-corrected chi connectivity index (χ0v) is 13.8. The van der Waals surface area contributed by atoms with E-state index in [1.54, 1.807) is 36.5 Å². The van der Waals surface area contributed by atoms with Crippen LogP contribution in [0.25, 0.3) is 0 Å². The lowest BCUT2D eigenvalue weighted by Gasteiger charge is -2.12. The highest BCUT2D eigenvalue weighted by molar-refractivity contribution is 6.01. The molecule has 0 atom stereocenters. The second-order valence-corrected chi connectivity index (χ2v) is 5.07. The minimum absolute atomic E-state index is 0.351. The first-order valence-corrected chi connectivity index (χ1v) is 7.63. The molecule has 0 saturated heterocycles. The van der Waals surface area contributed by atoms with Crippen LogP contribution in [0.2, 0.25) is 0 Å². The maximum atomic E-state index is 14.3. The molecule has 0 aliphatic heterocycles. The van der Waals surface area contributed by atoms with Crippen molar-refractivity contribution in [2.24, 2.45) is 4.99 Å². The minimum atomic E-state index is -0.351. The summed E-state index contributed by atoms with van der Waals surface area (Å²) in [4.78, 5) is 8.80. The first kappa shape index (κ1) is 17.3. The average molecular weight is 321 g/mol. The van der Waals surface area contributed by atoms with Gasteiger partial charge in [-0.05, 0) is 49.8 Å². The second kappa shape index (κ2) is 8.58. The predicted molar refractivity (Wildman–Crippen MR) is 97.8 cm³/mol. The molecule has 1 aromatic heterocycles. The molecular formula is C20H20FN3. The van der Waals surface area contributed by atoms with Crippen molar-refractivity contribution in [2.45, 2.75) is 13.8 Å². The fourth-order valence-corrected chi connectivity index (χ4v) is 2.09. The van der Waals surface area contributed by atoms with Crippen LogP contribution in [0, 0.1) is 12.7 Å². The van der Waals surface area contributed by atoms with Crippen LogP contribution in [0.3, 0.4) is 0 Å². The molecule has 0 fully saturated rings. The van der Waals surface area contributed by atoms with Crippen molar-refractivity contribution in [3.8, 4) is 0 Å². The van der Waals surface area contributed by atoms with Crippen LogP contribution in [-0.2, 0) is 0 Å². The number of pyridine rings is 1. The summed E-state index contributed by atoms with van der Waals surface area (Å²) in [6, 6.07) is 10.3. The first-order valence-electron chi connectivity index (χ1n) is 7.63. The number of benzene rings is 1. The molecule has 0 aliphatic rings. The zero-order valence-electron chi connectivity index (χ0n) is 13.8. The summed E-state index contributed by atoms with van der Waals surface area (Å²) < 4.78 is 14.3. The Morgan fingerprint density at radius 2 is 2.04 bits per heavy atom. The van der Waals surface area contributed by atoms with Crippen LogP contribution in [0.15, 0.2) is 84.2 Å². The maximum absolute atomic E-state index is 14.3. The van der Waals surface area contributed by atoms with Crippen molar-refractivity contribution in [3.05, 3.63) is 96.1 Å². The first-order chi connectivity index (χ1) is 11.7. The van der Waals surface area contributed by atoms with Crippen LogP contribution in [0.1, 0.15) is 18.1 Å². The summed E-state index contributed by atoms with van der Waals surface area (Å²) in [5.41, 5.74) is 2.04. The van der Waals surface area contributed by atoms with Gasteiger partial charge in [0.25, 0.3) is 0 Å². The minimum Gasteiger partial charge on any atom is -0.340 e. The Morgan fingerprint density at radius 1 is 1.25 bits per heavy atom. The molecule has 4 heteroatoms. The molecule has 1 heterocycles. The van der Waals surface area contributed by atoms with Gasteiger partial charge in [0.15, 0.2) is 5.82 Å². The van der Waals surface area contributed by atoms with Crippen molar-refractivity contribution >= 4 is 11.7 Å². The summed E-state index contributed by atoms with van der Waals surface area (Å²) >= 11 is 0. The number of nitrogens with zero attached hydrogens (tertiary/aromatic N) is 2. The number of allylic oxidation sites excluding steroid dienone is 4. The molecule has 0 amide bonds. The highest BCUT2D eigenvalue weighted by Gasteiger charge is 2.11. The Balaban J connectivity index is 2.54. The van der Waals surface area contributed by atoms with Gasteiger partial charge in [-0.1, -0.05) is 36.9 Å². The molecule has 1 aromatic carbocycles. The van der Waals surface area contributed by atoms with Gasteiger partial charge < -0.3 is 5.32 Å². The van der Waals surface area contributed by atoms with Crippen molar-refractivity contribution in [3.63, 3.8) is 0 Å². The van der Waals surface area contributed by atoms with Crippen molar-refractivity contribution < 1.29 is 4.39 Å². The monoisotopic (exact) mass is 321 g/mol. The molecule has 0 bridgehead atoms. The van der Waals surface area contributed by atoms with Crippen LogP contribution in [0.4, 0.5) is 10.2 Å². The standard InChI is InChI=1S/C20H20FN3/c1-4-9-16(10-5-2)23-20(17-12-6-7-13-18(17)21)24-19-15(3)11-8-14-22-19/h4-14H,1H2,2-3H3,(H,22,23,24)/b10-5-,16-9+. The normalized spacial score (nSPS) is 12.5. The van der Waals surface area contributed by atoms with Crippen LogP contribution < -0.4 is 5.32 Å². The Labute approximate surface area is 142 Å². The lowest BCUT2D eigenvalue weighted by Crippen LogP contribution is -2.24. The van der Waals surface area contributed by atoms with Crippen LogP contribution in [-0.4, -0.2) is 10.8 Å². The number of rotatable bonds is 5. The molecule has 3 nitrogen and oxygen atoms in total. The van der Waals surface area contributed by atoms with Gasteiger partial charge in [-0.3, -0.25) is 0 Å². The number of nitrogens with one attached hydrogen (secondary N) is 1. The van der Waals surface area contributed by atoms with Gasteiger partial charge in [0.05, 0.1) is 5.56 Å². The number of hydrogen-bond acceptors (Lipinski definition) is 2. The molecule has 122 valence electrons. The Bertz CT molecular complexity index is 804. The molecule has 0 aliphatic carbocycles. The van der Waals surface area contributed by atoms with Crippen molar-refractivity contribution in [1.82, 2.24) is 10.3 Å². The Morgan fingerprint density at radius 3 is 2.71 bits per heavy atom. The van der Waals surface area contributed by atoms with E-state index in [4.69, 9.17) is 0 Å². The van der Waals surface area contributed by atoms with E-state index in [1.165, 1.54) is 6.07 Å². The summed E-state index contributed by atoms with van der Waals surface area (Å²) in [7, 11) is 0. The molecule has 2 rings (SSSR count). The van der Waals surface area contributed by atoms with Crippen molar-refractivity contribution in [2.75, 3.05) is 0 Å². The average Bonchev–Trinajstić information content (AvgIpc) is 2.57.